The van der Waals surface area contributed by atoms with Gasteiger partial charge in [0.25, 0.3) is 5.91 Å². The zero-order valence-corrected chi connectivity index (χ0v) is 12.9. The number of para-hydroxylation sites is 1. The van der Waals surface area contributed by atoms with Gasteiger partial charge in [0.15, 0.2) is 6.61 Å². The minimum atomic E-state index is -0.152. The Morgan fingerprint density at radius 1 is 1.53 bits per heavy atom. The first-order valence-corrected chi connectivity index (χ1v) is 7.18. The molecular formula is C14H20BrNO3. The number of aliphatic hydroxyl groups excluding tert-OH is 1. The average molecular weight is 330 g/mol. The summed E-state index contributed by atoms with van der Waals surface area (Å²) in [6, 6.07) is 5.54. The summed E-state index contributed by atoms with van der Waals surface area (Å²) in [5, 5.41) is 12.1. The van der Waals surface area contributed by atoms with E-state index in [9.17, 15) is 9.90 Å². The molecule has 0 aliphatic heterocycles. The molecule has 1 rings (SSSR count). The van der Waals surface area contributed by atoms with E-state index in [1.165, 1.54) is 0 Å². The molecule has 5 heteroatoms. The quantitative estimate of drug-likeness (QED) is 0.808. The third-order valence-corrected chi connectivity index (χ3v) is 3.32. The number of benzene rings is 1. The zero-order valence-electron chi connectivity index (χ0n) is 11.3. The highest BCUT2D eigenvalue weighted by Gasteiger charge is 2.11. The highest BCUT2D eigenvalue weighted by Crippen LogP contribution is 2.28. The molecule has 1 atom stereocenters. The van der Waals surface area contributed by atoms with Gasteiger partial charge in [0, 0.05) is 11.6 Å². The summed E-state index contributed by atoms with van der Waals surface area (Å²) in [5.41, 5.74) is 0.656. The Morgan fingerprint density at radius 2 is 2.26 bits per heavy atom. The highest BCUT2D eigenvalue weighted by atomic mass is 79.9. The maximum Gasteiger partial charge on any atom is 0.258 e. The Labute approximate surface area is 122 Å². The predicted molar refractivity (Wildman–Crippen MR) is 78.1 cm³/mol. The van der Waals surface area contributed by atoms with Crippen LogP contribution in [0.4, 0.5) is 0 Å². The lowest BCUT2D eigenvalue weighted by atomic mass is 10.2. The van der Waals surface area contributed by atoms with E-state index in [0.29, 0.717) is 11.3 Å². The van der Waals surface area contributed by atoms with Crippen LogP contribution in [0.3, 0.4) is 0 Å². The fourth-order valence-electron chi connectivity index (χ4n) is 1.80. The molecule has 2 N–H and O–H groups in total. The molecule has 0 aromatic heterocycles. The number of halogens is 1. The van der Waals surface area contributed by atoms with Crippen molar-refractivity contribution in [3.63, 3.8) is 0 Å². The number of rotatable bonds is 7. The van der Waals surface area contributed by atoms with Crippen molar-refractivity contribution in [2.45, 2.75) is 39.3 Å². The standard InChI is InChI=1S/C14H20BrNO3/c1-3-5-10(2)16-13(18)9-19-14-11(8-17)6-4-7-12(14)15/h4,6-7,10,17H,3,5,8-9H2,1-2H3,(H,16,18). The first-order valence-electron chi connectivity index (χ1n) is 6.38. The summed E-state index contributed by atoms with van der Waals surface area (Å²) in [6.45, 7) is 3.87. The van der Waals surface area contributed by atoms with Gasteiger partial charge < -0.3 is 15.2 Å². The molecule has 4 nitrogen and oxygen atoms in total. The van der Waals surface area contributed by atoms with Gasteiger partial charge in [-0.2, -0.15) is 0 Å². The van der Waals surface area contributed by atoms with Crippen LogP contribution in [0.2, 0.25) is 0 Å². The van der Waals surface area contributed by atoms with E-state index in [2.05, 4.69) is 28.2 Å². The number of ether oxygens (including phenoxy) is 1. The zero-order chi connectivity index (χ0) is 14.3. The van der Waals surface area contributed by atoms with E-state index >= 15 is 0 Å². The van der Waals surface area contributed by atoms with Gasteiger partial charge in [0.1, 0.15) is 5.75 Å². The molecule has 1 aromatic carbocycles. The number of aliphatic hydroxyl groups is 1. The topological polar surface area (TPSA) is 58.6 Å². The maximum absolute atomic E-state index is 11.7. The van der Waals surface area contributed by atoms with Crippen molar-refractivity contribution in [1.82, 2.24) is 5.32 Å². The van der Waals surface area contributed by atoms with Gasteiger partial charge >= 0.3 is 0 Å². The Morgan fingerprint density at radius 3 is 2.89 bits per heavy atom. The number of amides is 1. The van der Waals surface area contributed by atoms with Crippen molar-refractivity contribution in [2.24, 2.45) is 0 Å². The van der Waals surface area contributed by atoms with Crippen LogP contribution in [0.1, 0.15) is 32.3 Å². The van der Waals surface area contributed by atoms with E-state index < -0.39 is 0 Å². The third-order valence-electron chi connectivity index (χ3n) is 2.70. The van der Waals surface area contributed by atoms with Crippen LogP contribution < -0.4 is 10.1 Å². The van der Waals surface area contributed by atoms with Crippen molar-refractivity contribution in [3.05, 3.63) is 28.2 Å². The molecule has 106 valence electrons. The number of hydrogen-bond donors (Lipinski definition) is 2. The molecule has 0 saturated carbocycles. The fourth-order valence-corrected chi connectivity index (χ4v) is 2.32. The molecule has 0 saturated heterocycles. The van der Waals surface area contributed by atoms with Gasteiger partial charge in [0.05, 0.1) is 11.1 Å². The first-order chi connectivity index (χ1) is 9.08. The van der Waals surface area contributed by atoms with Gasteiger partial charge in [-0.25, -0.2) is 0 Å². The van der Waals surface area contributed by atoms with Gasteiger partial charge in [-0.15, -0.1) is 0 Å². The molecule has 0 aliphatic rings. The van der Waals surface area contributed by atoms with Gasteiger partial charge in [0.2, 0.25) is 0 Å². The Bertz CT molecular complexity index is 423. The van der Waals surface area contributed by atoms with Gasteiger partial charge in [-0.1, -0.05) is 25.5 Å². The van der Waals surface area contributed by atoms with Crippen molar-refractivity contribution in [1.29, 1.82) is 0 Å². The first kappa shape index (κ1) is 16.0. The second kappa shape index (κ2) is 8.17. The summed E-state index contributed by atoms with van der Waals surface area (Å²) in [6.07, 6.45) is 1.98. The SMILES string of the molecule is CCCC(C)NC(=O)COc1c(Br)cccc1CO. The molecule has 19 heavy (non-hydrogen) atoms. The number of nitrogens with one attached hydrogen (secondary N) is 1. The maximum atomic E-state index is 11.7. The summed E-state index contributed by atoms with van der Waals surface area (Å²) in [4.78, 5) is 11.7. The Kier molecular flexibility index (Phi) is 6.87. The van der Waals surface area contributed by atoms with Crippen LogP contribution in [0.25, 0.3) is 0 Å². The lowest BCUT2D eigenvalue weighted by Gasteiger charge is -2.15. The smallest absolute Gasteiger partial charge is 0.258 e. The molecule has 0 aliphatic carbocycles. The normalized spacial score (nSPS) is 12.0. The van der Waals surface area contributed by atoms with Crippen molar-refractivity contribution in [3.8, 4) is 5.75 Å². The van der Waals surface area contributed by atoms with Crippen molar-refractivity contribution in [2.75, 3.05) is 6.61 Å². The fraction of sp³-hybridized carbons (Fsp3) is 0.500. The molecule has 0 radical (unpaired) electrons. The van der Waals surface area contributed by atoms with E-state index in [0.717, 1.165) is 17.3 Å². The number of hydrogen-bond acceptors (Lipinski definition) is 3. The van der Waals surface area contributed by atoms with Crippen LogP contribution in [0.15, 0.2) is 22.7 Å². The molecule has 0 bridgehead atoms. The van der Waals surface area contributed by atoms with Crippen LogP contribution in [-0.2, 0) is 11.4 Å². The molecule has 1 aromatic rings. The predicted octanol–water partition coefficient (Wildman–Crippen LogP) is 2.63. The van der Waals surface area contributed by atoms with E-state index in [-0.39, 0.29) is 25.2 Å². The van der Waals surface area contributed by atoms with Crippen molar-refractivity contribution < 1.29 is 14.6 Å². The average Bonchev–Trinajstić information content (AvgIpc) is 2.37. The summed E-state index contributed by atoms with van der Waals surface area (Å²) in [7, 11) is 0. The molecular weight excluding hydrogens is 310 g/mol. The minimum absolute atomic E-state index is 0.0519. The second-order valence-electron chi connectivity index (χ2n) is 4.43. The summed E-state index contributed by atoms with van der Waals surface area (Å²) in [5.74, 6) is 0.365. The largest absolute Gasteiger partial charge is 0.482 e. The van der Waals surface area contributed by atoms with Crippen LogP contribution in [0.5, 0.6) is 5.75 Å². The van der Waals surface area contributed by atoms with Crippen LogP contribution >= 0.6 is 15.9 Å². The van der Waals surface area contributed by atoms with E-state index in [1.54, 1.807) is 6.07 Å². The number of carbonyl (C=O) groups excluding carboxylic acids is 1. The Balaban J connectivity index is 2.55. The lowest BCUT2D eigenvalue weighted by Crippen LogP contribution is -2.36. The monoisotopic (exact) mass is 329 g/mol. The van der Waals surface area contributed by atoms with E-state index in [4.69, 9.17) is 4.74 Å². The minimum Gasteiger partial charge on any atom is -0.482 e. The summed E-state index contributed by atoms with van der Waals surface area (Å²) < 4.78 is 6.21. The van der Waals surface area contributed by atoms with Gasteiger partial charge in [-0.3, -0.25) is 4.79 Å². The van der Waals surface area contributed by atoms with E-state index in [1.807, 2.05) is 19.1 Å². The second-order valence-corrected chi connectivity index (χ2v) is 5.29. The Hall–Kier alpha value is -1.07. The molecule has 0 fully saturated rings. The molecule has 0 heterocycles. The molecule has 1 unspecified atom stereocenters. The van der Waals surface area contributed by atoms with Gasteiger partial charge in [-0.05, 0) is 35.3 Å². The number of carbonyl (C=O) groups is 1. The van der Waals surface area contributed by atoms with Crippen LogP contribution in [0, 0.1) is 0 Å². The molecule has 1 amide bonds. The molecule has 0 spiro atoms. The van der Waals surface area contributed by atoms with Crippen molar-refractivity contribution >= 4 is 21.8 Å². The highest BCUT2D eigenvalue weighted by molar-refractivity contribution is 9.10. The lowest BCUT2D eigenvalue weighted by molar-refractivity contribution is -0.123. The third kappa shape index (κ3) is 5.20. The summed E-state index contributed by atoms with van der Waals surface area (Å²) >= 11 is 3.35. The van der Waals surface area contributed by atoms with Crippen LogP contribution in [-0.4, -0.2) is 23.7 Å².